The van der Waals surface area contributed by atoms with Gasteiger partial charge in [0.25, 0.3) is 0 Å². The first kappa shape index (κ1) is 33.9. The van der Waals surface area contributed by atoms with Crippen LogP contribution in [-0.4, -0.2) is 71.6 Å². The van der Waals surface area contributed by atoms with Gasteiger partial charge in [-0.15, -0.1) is 10.2 Å². The number of rotatable bonds is 10. The molecular weight excluding hydrogens is 679 g/mol. The van der Waals surface area contributed by atoms with Crippen LogP contribution in [0, 0.1) is 0 Å². The number of anilines is 3. The number of hydrogen-bond donors (Lipinski definition) is 2. The van der Waals surface area contributed by atoms with E-state index in [0.29, 0.717) is 29.9 Å². The summed E-state index contributed by atoms with van der Waals surface area (Å²) < 4.78 is 2.09. The first-order valence-electron chi connectivity index (χ1n) is 19.1. The minimum atomic E-state index is -0.355. The number of nitrogens with zero attached hydrogens (tertiary/aromatic N) is 8. The number of para-hydroxylation sites is 1. The number of aromatic nitrogens is 6. The Balaban J connectivity index is 0.848. The largest absolute Gasteiger partial charge is 0.507 e. The fraction of sp³-hybridized carbons (Fsp3) is 0.357. The maximum Gasteiger partial charge on any atom is 0.226 e. The van der Waals surface area contributed by atoms with Gasteiger partial charge in [-0.1, -0.05) is 30.7 Å². The van der Waals surface area contributed by atoms with Crippen LogP contribution < -0.4 is 15.5 Å². The Morgan fingerprint density at radius 3 is 2.50 bits per heavy atom. The SMILES string of the molecule is Nc1nnc(-c2ccccc2O)cc1N1CC2CCC(C1)N2c1nccc(CCCCCc2cccc3c2c2cccnc2n3C2CCC(=O)CC2=O)n1. The number of phenols is 1. The van der Waals surface area contributed by atoms with Crippen LogP contribution in [0.4, 0.5) is 17.5 Å². The fourth-order valence-electron chi connectivity index (χ4n) is 8.99. The number of nitrogen functional groups attached to an aromatic ring is 1. The molecule has 12 heteroatoms. The molecule has 2 saturated heterocycles. The van der Waals surface area contributed by atoms with Crippen molar-refractivity contribution in [1.82, 2.24) is 29.7 Å². The lowest BCUT2D eigenvalue weighted by molar-refractivity contribution is -0.131. The van der Waals surface area contributed by atoms with E-state index < -0.39 is 0 Å². The summed E-state index contributed by atoms with van der Waals surface area (Å²) in [4.78, 5) is 44.2. The first-order valence-corrected chi connectivity index (χ1v) is 19.1. The molecule has 0 radical (unpaired) electrons. The topological polar surface area (TPSA) is 156 Å². The zero-order chi connectivity index (χ0) is 36.8. The molecule has 3 unspecified atom stereocenters. The van der Waals surface area contributed by atoms with Gasteiger partial charge in [-0.05, 0) is 93.0 Å². The summed E-state index contributed by atoms with van der Waals surface area (Å²) in [6.07, 6.45) is 11.7. The quantitative estimate of drug-likeness (QED) is 0.119. The predicted octanol–water partition coefficient (Wildman–Crippen LogP) is 6.40. The molecule has 3 aliphatic rings. The minimum Gasteiger partial charge on any atom is -0.507 e. The van der Waals surface area contributed by atoms with Crippen molar-refractivity contribution in [3.8, 4) is 17.0 Å². The number of piperazine rings is 1. The number of nitrogens with two attached hydrogens (primary N) is 1. The summed E-state index contributed by atoms with van der Waals surface area (Å²) in [5.74, 6) is 1.36. The molecule has 6 heterocycles. The average molecular weight is 722 g/mol. The van der Waals surface area contributed by atoms with Crippen molar-refractivity contribution in [3.05, 3.63) is 90.4 Å². The van der Waals surface area contributed by atoms with Crippen molar-refractivity contribution in [1.29, 1.82) is 0 Å². The second kappa shape index (κ2) is 14.1. The van der Waals surface area contributed by atoms with Crippen LogP contribution in [0.25, 0.3) is 33.2 Å². The number of fused-ring (bicyclic) bond motifs is 5. The second-order valence-electron chi connectivity index (χ2n) is 14.9. The van der Waals surface area contributed by atoms with Gasteiger partial charge in [-0.3, -0.25) is 9.59 Å². The first-order chi connectivity index (χ1) is 26.4. The number of unbranched alkanes of at least 4 members (excludes halogenated alkanes) is 2. The van der Waals surface area contributed by atoms with Gasteiger partial charge in [-0.2, -0.15) is 0 Å². The zero-order valence-corrected chi connectivity index (χ0v) is 30.1. The van der Waals surface area contributed by atoms with Crippen molar-refractivity contribution < 1.29 is 14.7 Å². The van der Waals surface area contributed by atoms with E-state index in [9.17, 15) is 14.7 Å². The van der Waals surface area contributed by atoms with Crippen LogP contribution in [0.5, 0.6) is 5.75 Å². The van der Waals surface area contributed by atoms with E-state index in [1.807, 2.05) is 36.5 Å². The van der Waals surface area contributed by atoms with Crippen molar-refractivity contribution in [2.75, 3.05) is 28.6 Å². The van der Waals surface area contributed by atoms with E-state index in [4.69, 9.17) is 20.7 Å². The monoisotopic (exact) mass is 721 g/mol. The van der Waals surface area contributed by atoms with E-state index in [0.717, 1.165) is 91.9 Å². The number of benzene rings is 2. The summed E-state index contributed by atoms with van der Waals surface area (Å²) in [5, 5.41) is 21.2. The normalized spacial score (nSPS) is 20.0. The maximum absolute atomic E-state index is 13.0. The summed E-state index contributed by atoms with van der Waals surface area (Å²) in [6.45, 7) is 1.55. The average Bonchev–Trinajstić information content (AvgIpc) is 3.66. The second-order valence-corrected chi connectivity index (χ2v) is 14.9. The lowest BCUT2D eigenvalue weighted by Crippen LogP contribution is -2.54. The Morgan fingerprint density at radius 1 is 0.833 bits per heavy atom. The van der Waals surface area contributed by atoms with Gasteiger partial charge in [0.15, 0.2) is 11.6 Å². The molecule has 1 aliphatic carbocycles. The Bertz CT molecular complexity index is 2380. The lowest BCUT2D eigenvalue weighted by atomic mass is 9.92. The summed E-state index contributed by atoms with van der Waals surface area (Å²) in [7, 11) is 0. The molecule has 3 atom stereocenters. The zero-order valence-electron chi connectivity index (χ0n) is 30.1. The van der Waals surface area contributed by atoms with Crippen LogP contribution in [0.1, 0.15) is 68.7 Å². The number of ketones is 2. The van der Waals surface area contributed by atoms with E-state index in [1.54, 1.807) is 18.3 Å². The number of carbonyl (C=O) groups is 2. The van der Waals surface area contributed by atoms with Gasteiger partial charge in [0, 0.05) is 66.0 Å². The highest BCUT2D eigenvalue weighted by atomic mass is 16.3. The molecule has 3 fully saturated rings. The Morgan fingerprint density at radius 2 is 1.67 bits per heavy atom. The lowest BCUT2D eigenvalue weighted by Gasteiger charge is -2.42. The highest BCUT2D eigenvalue weighted by Gasteiger charge is 2.42. The molecule has 274 valence electrons. The van der Waals surface area contributed by atoms with Crippen LogP contribution in [0.3, 0.4) is 0 Å². The summed E-state index contributed by atoms with van der Waals surface area (Å²) in [6, 6.07) is 21.7. The van der Waals surface area contributed by atoms with Gasteiger partial charge in [0.05, 0.1) is 29.4 Å². The molecule has 6 aromatic rings. The smallest absolute Gasteiger partial charge is 0.226 e. The van der Waals surface area contributed by atoms with Crippen LogP contribution in [0.15, 0.2) is 79.1 Å². The maximum atomic E-state index is 13.0. The highest BCUT2D eigenvalue weighted by molar-refractivity contribution is 6.11. The van der Waals surface area contributed by atoms with Gasteiger partial charge in [0.2, 0.25) is 5.95 Å². The number of Topliss-reactive ketones (excluding diaryl/α,β-unsaturated/α-hetero) is 2. The highest BCUT2D eigenvalue weighted by Crippen LogP contribution is 2.39. The van der Waals surface area contributed by atoms with Crippen LogP contribution >= 0.6 is 0 Å². The summed E-state index contributed by atoms with van der Waals surface area (Å²) in [5.41, 5.74) is 12.6. The van der Waals surface area contributed by atoms with E-state index >= 15 is 0 Å². The van der Waals surface area contributed by atoms with E-state index in [2.05, 4.69) is 48.8 Å². The Hall–Kier alpha value is -5.91. The molecule has 9 rings (SSSR count). The van der Waals surface area contributed by atoms with Crippen molar-refractivity contribution >= 4 is 51.0 Å². The third kappa shape index (κ3) is 6.18. The van der Waals surface area contributed by atoms with Crippen molar-refractivity contribution in [2.24, 2.45) is 0 Å². The molecule has 0 spiro atoms. The fourth-order valence-corrected chi connectivity index (χ4v) is 8.99. The third-order valence-corrected chi connectivity index (χ3v) is 11.5. The third-order valence-electron chi connectivity index (χ3n) is 11.5. The van der Waals surface area contributed by atoms with Crippen molar-refractivity contribution in [3.63, 3.8) is 0 Å². The molecule has 54 heavy (non-hydrogen) atoms. The number of aryl methyl sites for hydroxylation is 2. The molecule has 2 bridgehead atoms. The van der Waals surface area contributed by atoms with Gasteiger partial charge < -0.3 is 25.2 Å². The standard InChI is InChI=1S/C42H43N9O3/c43-40-36(23-33(47-48-40)31-11-4-5-14-37(31)53)49-24-28-15-16-29(25-49)50(28)42-45-21-19-27(46-42)10-3-1-2-8-26-9-6-13-35-39(26)32-12-7-20-44-41(32)51(35)34-18-17-30(52)22-38(34)54/h4-7,9,11-14,19-21,23,28-29,34,53H,1-3,8,10,15-18,22,24-25H2,(H2,43,48). The molecular formula is C42H43N9O3. The molecule has 1 saturated carbocycles. The summed E-state index contributed by atoms with van der Waals surface area (Å²) >= 11 is 0. The van der Waals surface area contributed by atoms with Gasteiger partial charge >= 0.3 is 0 Å². The van der Waals surface area contributed by atoms with Crippen LogP contribution in [-0.2, 0) is 22.4 Å². The predicted molar refractivity (Wildman–Crippen MR) is 208 cm³/mol. The van der Waals surface area contributed by atoms with E-state index in [-0.39, 0.29) is 41.9 Å². The van der Waals surface area contributed by atoms with Gasteiger partial charge in [0.1, 0.15) is 17.2 Å². The number of aromatic hydroxyl groups is 1. The Kier molecular flexibility index (Phi) is 8.88. The number of hydrogen-bond acceptors (Lipinski definition) is 11. The number of carbonyl (C=O) groups excluding carboxylic acids is 2. The van der Waals surface area contributed by atoms with Crippen LogP contribution in [0.2, 0.25) is 0 Å². The molecule has 4 aromatic heterocycles. The minimum absolute atomic E-state index is 0.00734. The molecule has 2 aromatic carbocycles. The van der Waals surface area contributed by atoms with Gasteiger partial charge in [-0.25, -0.2) is 15.0 Å². The number of phenolic OH excluding ortho intramolecular Hbond substituents is 1. The molecule has 3 N–H and O–H groups in total. The molecule has 12 nitrogen and oxygen atoms in total. The number of pyridine rings is 1. The van der Waals surface area contributed by atoms with E-state index in [1.165, 1.54) is 10.9 Å². The molecule has 0 amide bonds. The molecule has 2 aliphatic heterocycles. The van der Waals surface area contributed by atoms with Crippen molar-refractivity contribution in [2.45, 2.75) is 82.3 Å². The Labute approximate surface area is 313 Å².